The molecule has 1 aliphatic rings. The summed E-state index contributed by atoms with van der Waals surface area (Å²) in [5.74, 6) is 0. The third-order valence-electron chi connectivity index (χ3n) is 4.49. The van der Waals surface area contributed by atoms with Gasteiger partial charge in [0.1, 0.15) is 0 Å². The molecule has 1 aromatic carbocycles. The fraction of sp³-hybridized carbons (Fsp3) is 0.471. The van der Waals surface area contributed by atoms with Crippen LogP contribution in [0.5, 0.6) is 0 Å². The van der Waals surface area contributed by atoms with E-state index in [1.165, 1.54) is 16.8 Å². The van der Waals surface area contributed by atoms with E-state index in [-0.39, 0.29) is 0 Å². The highest BCUT2D eigenvalue weighted by molar-refractivity contribution is 5.30. The van der Waals surface area contributed by atoms with Gasteiger partial charge in [-0.25, -0.2) is 0 Å². The van der Waals surface area contributed by atoms with Gasteiger partial charge in [0.05, 0.1) is 11.4 Å². The maximum Gasteiger partial charge on any atom is 0.0625 e. The Labute approximate surface area is 126 Å². The topological polar surface area (TPSA) is 47.1 Å². The van der Waals surface area contributed by atoms with Crippen molar-refractivity contribution in [1.82, 2.24) is 14.7 Å². The monoisotopic (exact) mass is 284 g/mol. The molecule has 0 amide bonds. The largest absolute Gasteiger partial charge is 0.329 e. The number of aromatic nitrogens is 2. The Morgan fingerprint density at radius 2 is 2.05 bits per heavy atom. The number of nitrogens with two attached hydrogens (primary N) is 1. The molecule has 0 bridgehead atoms. The molecule has 2 N–H and O–H groups in total. The molecule has 0 saturated carbocycles. The van der Waals surface area contributed by atoms with E-state index in [2.05, 4.69) is 47.3 Å². The molecule has 0 saturated heterocycles. The lowest BCUT2D eigenvalue weighted by molar-refractivity contribution is 0.163. The first-order valence-corrected chi connectivity index (χ1v) is 7.74. The first-order valence-electron chi connectivity index (χ1n) is 7.74. The number of hydrogen-bond donors (Lipinski definition) is 1. The minimum atomic E-state index is 0.417. The summed E-state index contributed by atoms with van der Waals surface area (Å²) in [5.41, 5.74) is 11.3. The zero-order valence-corrected chi connectivity index (χ0v) is 12.9. The van der Waals surface area contributed by atoms with Crippen molar-refractivity contribution in [2.75, 3.05) is 6.54 Å². The molecule has 0 spiro atoms. The van der Waals surface area contributed by atoms with E-state index in [0.29, 0.717) is 12.6 Å². The molecule has 112 valence electrons. The third kappa shape index (κ3) is 2.87. The van der Waals surface area contributed by atoms with Gasteiger partial charge in [-0.1, -0.05) is 31.2 Å². The van der Waals surface area contributed by atoms with Crippen LogP contribution in [0.4, 0.5) is 0 Å². The average molecular weight is 284 g/mol. The molecule has 1 atom stereocenters. The zero-order chi connectivity index (χ0) is 14.8. The SMILES string of the molecule is CCc1cc(CN2Cc3ccccc3CC2CN)n(C)n1. The Kier molecular flexibility index (Phi) is 4.08. The number of hydrogen-bond acceptors (Lipinski definition) is 3. The van der Waals surface area contributed by atoms with Crippen molar-refractivity contribution in [3.05, 3.63) is 52.8 Å². The van der Waals surface area contributed by atoms with Crippen LogP contribution >= 0.6 is 0 Å². The zero-order valence-electron chi connectivity index (χ0n) is 12.9. The van der Waals surface area contributed by atoms with Gasteiger partial charge in [-0.2, -0.15) is 5.10 Å². The summed E-state index contributed by atoms with van der Waals surface area (Å²) in [7, 11) is 2.03. The summed E-state index contributed by atoms with van der Waals surface area (Å²) >= 11 is 0. The van der Waals surface area contributed by atoms with Gasteiger partial charge in [0, 0.05) is 32.7 Å². The molecule has 1 unspecified atom stereocenters. The minimum absolute atomic E-state index is 0.417. The van der Waals surface area contributed by atoms with Crippen molar-refractivity contribution in [3.63, 3.8) is 0 Å². The molecule has 0 aliphatic carbocycles. The lowest BCUT2D eigenvalue weighted by Crippen LogP contribution is -2.44. The molecule has 0 radical (unpaired) electrons. The van der Waals surface area contributed by atoms with E-state index in [4.69, 9.17) is 5.73 Å². The molecule has 4 nitrogen and oxygen atoms in total. The molecule has 2 aromatic rings. The fourth-order valence-corrected chi connectivity index (χ4v) is 3.16. The van der Waals surface area contributed by atoms with Gasteiger partial charge in [-0.3, -0.25) is 9.58 Å². The highest BCUT2D eigenvalue weighted by atomic mass is 15.3. The van der Waals surface area contributed by atoms with Crippen molar-refractivity contribution in [2.24, 2.45) is 12.8 Å². The summed E-state index contributed by atoms with van der Waals surface area (Å²) < 4.78 is 2.01. The molecule has 1 aliphatic heterocycles. The minimum Gasteiger partial charge on any atom is -0.329 e. The number of aryl methyl sites for hydroxylation is 2. The number of fused-ring (bicyclic) bond motifs is 1. The predicted octanol–water partition coefficient (Wildman–Crippen LogP) is 1.87. The van der Waals surface area contributed by atoms with Crippen molar-refractivity contribution < 1.29 is 0 Å². The lowest BCUT2D eigenvalue weighted by atomic mass is 9.94. The average Bonchev–Trinajstić information content (AvgIpc) is 2.87. The van der Waals surface area contributed by atoms with Crippen molar-refractivity contribution in [2.45, 2.75) is 38.9 Å². The van der Waals surface area contributed by atoms with Crippen LogP contribution < -0.4 is 5.73 Å². The maximum atomic E-state index is 6.01. The van der Waals surface area contributed by atoms with Gasteiger partial charge in [-0.15, -0.1) is 0 Å². The van der Waals surface area contributed by atoms with E-state index in [9.17, 15) is 0 Å². The third-order valence-corrected chi connectivity index (χ3v) is 4.49. The Bertz CT molecular complexity index is 617. The van der Waals surface area contributed by atoms with E-state index in [1.807, 2.05) is 11.7 Å². The van der Waals surface area contributed by atoms with Crippen molar-refractivity contribution in [1.29, 1.82) is 0 Å². The molecule has 2 heterocycles. The summed E-state index contributed by atoms with van der Waals surface area (Å²) in [5, 5.41) is 4.55. The van der Waals surface area contributed by atoms with Gasteiger partial charge in [-0.05, 0) is 30.0 Å². The first-order chi connectivity index (χ1) is 10.2. The van der Waals surface area contributed by atoms with Crippen LogP contribution in [0, 0.1) is 0 Å². The smallest absolute Gasteiger partial charge is 0.0625 e. The van der Waals surface area contributed by atoms with Gasteiger partial charge in [0.15, 0.2) is 0 Å². The molecule has 1 aromatic heterocycles. The summed E-state index contributed by atoms with van der Waals surface area (Å²) in [6, 6.07) is 11.3. The van der Waals surface area contributed by atoms with E-state index < -0.39 is 0 Å². The van der Waals surface area contributed by atoms with Crippen molar-refractivity contribution in [3.8, 4) is 0 Å². The Balaban J connectivity index is 1.82. The van der Waals surface area contributed by atoms with E-state index in [0.717, 1.165) is 31.6 Å². The summed E-state index contributed by atoms with van der Waals surface area (Å²) in [4.78, 5) is 2.48. The Morgan fingerprint density at radius 1 is 1.29 bits per heavy atom. The van der Waals surface area contributed by atoms with Crippen LogP contribution in [0.3, 0.4) is 0 Å². The summed E-state index contributed by atoms with van der Waals surface area (Å²) in [6.07, 6.45) is 2.03. The predicted molar refractivity (Wildman–Crippen MR) is 84.8 cm³/mol. The van der Waals surface area contributed by atoms with Gasteiger partial charge >= 0.3 is 0 Å². The second kappa shape index (κ2) is 6.00. The number of benzene rings is 1. The maximum absolute atomic E-state index is 6.01. The van der Waals surface area contributed by atoms with Gasteiger partial charge in [0.25, 0.3) is 0 Å². The molecule has 3 rings (SSSR count). The van der Waals surface area contributed by atoms with Crippen molar-refractivity contribution >= 4 is 0 Å². The fourth-order valence-electron chi connectivity index (χ4n) is 3.16. The Hall–Kier alpha value is -1.65. The molecular formula is C17H24N4. The van der Waals surface area contributed by atoms with Crippen LogP contribution in [0.2, 0.25) is 0 Å². The molecule has 21 heavy (non-hydrogen) atoms. The molecule has 4 heteroatoms. The van der Waals surface area contributed by atoms with Gasteiger partial charge < -0.3 is 5.73 Å². The Morgan fingerprint density at radius 3 is 2.71 bits per heavy atom. The van der Waals surface area contributed by atoms with Crippen LogP contribution in [0.1, 0.15) is 29.4 Å². The van der Waals surface area contributed by atoms with E-state index >= 15 is 0 Å². The highest BCUT2D eigenvalue weighted by Crippen LogP contribution is 2.24. The highest BCUT2D eigenvalue weighted by Gasteiger charge is 2.25. The quantitative estimate of drug-likeness (QED) is 0.932. The first kappa shape index (κ1) is 14.3. The van der Waals surface area contributed by atoms with Gasteiger partial charge in [0.2, 0.25) is 0 Å². The second-order valence-electron chi connectivity index (χ2n) is 5.87. The second-order valence-corrected chi connectivity index (χ2v) is 5.87. The summed E-state index contributed by atoms with van der Waals surface area (Å²) in [6.45, 7) is 4.74. The van der Waals surface area contributed by atoms with Crippen LogP contribution in [0.15, 0.2) is 30.3 Å². The lowest BCUT2D eigenvalue weighted by Gasteiger charge is -2.36. The standard InChI is InChI=1S/C17H24N4/c1-3-15-9-17(20(2)19-15)12-21-11-14-7-5-4-6-13(14)8-16(21)10-18/h4-7,9,16H,3,8,10-12,18H2,1-2H3. The van der Waals surface area contributed by atoms with Crippen LogP contribution in [-0.2, 0) is 33.0 Å². The van der Waals surface area contributed by atoms with Crippen LogP contribution in [-0.4, -0.2) is 27.3 Å². The van der Waals surface area contributed by atoms with E-state index in [1.54, 1.807) is 0 Å². The normalized spacial score (nSPS) is 18.7. The number of nitrogens with zero attached hydrogens (tertiary/aromatic N) is 3. The van der Waals surface area contributed by atoms with Crippen LogP contribution in [0.25, 0.3) is 0 Å². The molecule has 0 fully saturated rings. The molecular weight excluding hydrogens is 260 g/mol. The number of rotatable bonds is 4.